The lowest BCUT2D eigenvalue weighted by atomic mass is 9.95. The molecule has 1 atom stereocenters. The Balaban J connectivity index is 2.09. The number of ether oxygens (including phenoxy) is 1. The van der Waals surface area contributed by atoms with Gasteiger partial charge in [-0.15, -0.1) is 0 Å². The molecule has 0 unspecified atom stereocenters. The number of aryl methyl sites for hydroxylation is 1. The molecule has 1 aliphatic rings. The van der Waals surface area contributed by atoms with Crippen LogP contribution in [0.25, 0.3) is 11.1 Å². The molecule has 4 nitrogen and oxygen atoms in total. The molecule has 0 bridgehead atoms. The minimum absolute atomic E-state index is 0.295. The van der Waals surface area contributed by atoms with Gasteiger partial charge >= 0.3 is 5.97 Å². The number of aromatic nitrogens is 1. The highest BCUT2D eigenvalue weighted by Gasteiger charge is 2.26. The monoisotopic (exact) mass is 386 g/mol. The molecule has 0 radical (unpaired) electrons. The number of fused-ring (bicyclic) bond motifs is 1. The van der Waals surface area contributed by atoms with E-state index in [2.05, 4.69) is 6.07 Å². The van der Waals surface area contributed by atoms with Crippen LogP contribution < -0.4 is 0 Å². The first kappa shape index (κ1) is 18.8. The maximum atomic E-state index is 12.0. The van der Waals surface area contributed by atoms with Gasteiger partial charge in [0.05, 0.1) is 12.2 Å². The summed E-state index contributed by atoms with van der Waals surface area (Å²) in [7, 11) is 0. The first-order chi connectivity index (χ1) is 12.5. The Bertz CT molecular complexity index is 875. The number of carbonyl (C=O) groups excluding carboxylic acids is 1. The van der Waals surface area contributed by atoms with Crippen molar-refractivity contribution in [1.29, 1.82) is 5.26 Å². The molecule has 134 valence electrons. The van der Waals surface area contributed by atoms with Gasteiger partial charge < -0.3 is 4.74 Å². The number of hydrogen-bond donors (Lipinski definition) is 0. The minimum Gasteiger partial charge on any atom is -0.465 e. The summed E-state index contributed by atoms with van der Waals surface area (Å²) in [5.74, 6) is -0.295. The van der Waals surface area contributed by atoms with Gasteiger partial charge in [0.15, 0.2) is 0 Å². The summed E-state index contributed by atoms with van der Waals surface area (Å²) in [4.78, 5) is 16.7. The molecule has 1 aliphatic carbocycles. The maximum absolute atomic E-state index is 12.0. The Kier molecular flexibility index (Phi) is 5.85. The first-order valence-corrected chi connectivity index (χ1v) is 9.86. The average Bonchev–Trinajstić information content (AvgIpc) is 3.09. The van der Waals surface area contributed by atoms with Gasteiger partial charge in [0.1, 0.15) is 16.3 Å². The van der Waals surface area contributed by atoms with Crippen LogP contribution in [0.2, 0.25) is 5.02 Å². The molecule has 26 heavy (non-hydrogen) atoms. The number of thioether (sulfide) groups is 1. The highest BCUT2D eigenvalue weighted by molar-refractivity contribution is 8.00. The Morgan fingerprint density at radius 3 is 2.77 bits per heavy atom. The maximum Gasteiger partial charge on any atom is 0.319 e. The number of halogens is 1. The van der Waals surface area contributed by atoms with Gasteiger partial charge in [-0.1, -0.05) is 35.5 Å². The molecule has 0 amide bonds. The molecule has 2 aromatic rings. The van der Waals surface area contributed by atoms with Crippen molar-refractivity contribution in [2.75, 3.05) is 6.61 Å². The summed E-state index contributed by atoms with van der Waals surface area (Å²) in [5.41, 5.74) is 4.56. The first-order valence-electron chi connectivity index (χ1n) is 8.60. The normalized spacial score (nSPS) is 13.8. The lowest BCUT2D eigenvalue weighted by Crippen LogP contribution is -2.17. The Morgan fingerprint density at radius 1 is 1.38 bits per heavy atom. The summed E-state index contributed by atoms with van der Waals surface area (Å²) < 4.78 is 5.08. The van der Waals surface area contributed by atoms with E-state index in [0.29, 0.717) is 22.2 Å². The highest BCUT2D eigenvalue weighted by atomic mass is 35.5. The van der Waals surface area contributed by atoms with E-state index >= 15 is 0 Å². The fourth-order valence-corrected chi connectivity index (χ4v) is 4.21. The Morgan fingerprint density at radius 2 is 2.12 bits per heavy atom. The zero-order chi connectivity index (χ0) is 18.7. The summed E-state index contributed by atoms with van der Waals surface area (Å²) in [6, 6.07) is 9.83. The molecular weight excluding hydrogens is 368 g/mol. The molecule has 0 spiro atoms. The van der Waals surface area contributed by atoms with Gasteiger partial charge in [0, 0.05) is 16.3 Å². The number of pyridine rings is 1. The van der Waals surface area contributed by atoms with E-state index in [-0.39, 0.29) is 5.97 Å². The topological polar surface area (TPSA) is 63.0 Å². The van der Waals surface area contributed by atoms with Crippen molar-refractivity contribution in [3.05, 3.63) is 46.1 Å². The van der Waals surface area contributed by atoms with Gasteiger partial charge in [-0.05, 0) is 56.4 Å². The molecule has 0 aliphatic heterocycles. The van der Waals surface area contributed by atoms with Crippen LogP contribution in [-0.2, 0) is 22.4 Å². The lowest BCUT2D eigenvalue weighted by Gasteiger charge is -2.16. The second-order valence-corrected chi connectivity index (χ2v) is 7.84. The molecule has 1 aromatic heterocycles. The molecule has 0 saturated heterocycles. The van der Waals surface area contributed by atoms with E-state index in [1.54, 1.807) is 13.8 Å². The van der Waals surface area contributed by atoms with Crippen LogP contribution in [0, 0.1) is 11.3 Å². The van der Waals surface area contributed by atoms with Gasteiger partial charge in [0.2, 0.25) is 0 Å². The molecular formula is C20H19ClN2O2S. The number of rotatable bonds is 5. The van der Waals surface area contributed by atoms with E-state index in [1.165, 1.54) is 11.8 Å². The molecule has 0 fully saturated rings. The van der Waals surface area contributed by atoms with Crippen molar-refractivity contribution in [2.24, 2.45) is 0 Å². The molecule has 0 N–H and O–H groups in total. The van der Waals surface area contributed by atoms with Crippen molar-refractivity contribution < 1.29 is 9.53 Å². The second kappa shape index (κ2) is 8.11. The quantitative estimate of drug-likeness (QED) is 0.545. The molecule has 6 heteroatoms. The number of nitriles is 1. The third-order valence-electron chi connectivity index (χ3n) is 4.34. The largest absolute Gasteiger partial charge is 0.465 e. The molecule has 1 aromatic carbocycles. The average molecular weight is 387 g/mol. The predicted octanol–water partition coefficient (Wildman–Crippen LogP) is 4.81. The summed E-state index contributed by atoms with van der Waals surface area (Å²) >= 11 is 7.31. The molecule has 3 rings (SSSR count). The molecule has 0 saturated carbocycles. The van der Waals surface area contributed by atoms with Crippen LogP contribution in [0.1, 0.15) is 37.1 Å². The number of hydrogen-bond acceptors (Lipinski definition) is 5. The zero-order valence-electron chi connectivity index (χ0n) is 14.7. The third-order valence-corrected chi connectivity index (χ3v) is 5.66. The number of carbonyl (C=O) groups is 1. The Labute approximate surface area is 162 Å². The molecule has 1 heterocycles. The van der Waals surface area contributed by atoms with Crippen LogP contribution in [0.5, 0.6) is 0 Å². The number of esters is 1. The fraction of sp³-hybridized carbons (Fsp3) is 0.350. The summed E-state index contributed by atoms with van der Waals surface area (Å²) in [5, 5.41) is 10.7. The smallest absolute Gasteiger partial charge is 0.319 e. The van der Waals surface area contributed by atoms with E-state index in [9.17, 15) is 10.1 Å². The van der Waals surface area contributed by atoms with Crippen LogP contribution in [0.15, 0.2) is 29.3 Å². The zero-order valence-corrected chi connectivity index (χ0v) is 16.3. The van der Waals surface area contributed by atoms with Crippen molar-refractivity contribution >= 4 is 29.3 Å². The van der Waals surface area contributed by atoms with Gasteiger partial charge in [-0.2, -0.15) is 5.26 Å². The van der Waals surface area contributed by atoms with Crippen LogP contribution in [0.4, 0.5) is 0 Å². The van der Waals surface area contributed by atoms with Crippen LogP contribution in [0.3, 0.4) is 0 Å². The van der Waals surface area contributed by atoms with Crippen LogP contribution in [-0.4, -0.2) is 22.8 Å². The van der Waals surface area contributed by atoms with Gasteiger partial charge in [0.25, 0.3) is 0 Å². The van der Waals surface area contributed by atoms with Gasteiger partial charge in [-0.3, -0.25) is 4.79 Å². The minimum atomic E-state index is -0.424. The lowest BCUT2D eigenvalue weighted by molar-refractivity contribution is -0.142. The second-order valence-electron chi connectivity index (χ2n) is 6.08. The SMILES string of the molecule is CCOC(=O)[C@@H](C)Sc1nc2c(c(-c3ccc(Cl)cc3)c1C#N)CCC2. The van der Waals surface area contributed by atoms with E-state index < -0.39 is 5.25 Å². The predicted molar refractivity (Wildman–Crippen MR) is 103 cm³/mol. The standard InChI is InChI=1S/C20H19ClN2O2S/c1-3-25-20(24)12(2)26-19-16(11-22)18(13-7-9-14(21)10-8-13)15-5-4-6-17(15)23-19/h7-10,12H,3-6H2,1-2H3/t12-/m1/s1. The van der Waals surface area contributed by atoms with E-state index in [0.717, 1.165) is 41.6 Å². The van der Waals surface area contributed by atoms with Crippen molar-refractivity contribution in [1.82, 2.24) is 4.98 Å². The number of nitrogens with zero attached hydrogens (tertiary/aromatic N) is 2. The fourth-order valence-electron chi connectivity index (χ4n) is 3.16. The van der Waals surface area contributed by atoms with Crippen molar-refractivity contribution in [2.45, 2.75) is 43.4 Å². The van der Waals surface area contributed by atoms with Gasteiger partial charge in [-0.25, -0.2) is 4.98 Å². The number of benzene rings is 1. The third kappa shape index (κ3) is 3.72. The van der Waals surface area contributed by atoms with Crippen molar-refractivity contribution in [3.8, 4) is 17.2 Å². The van der Waals surface area contributed by atoms with Crippen LogP contribution >= 0.6 is 23.4 Å². The van der Waals surface area contributed by atoms with E-state index in [1.807, 2.05) is 24.3 Å². The van der Waals surface area contributed by atoms with E-state index in [4.69, 9.17) is 21.3 Å². The summed E-state index contributed by atoms with van der Waals surface area (Å²) in [6.07, 6.45) is 2.83. The highest BCUT2D eigenvalue weighted by Crippen LogP contribution is 2.39. The summed E-state index contributed by atoms with van der Waals surface area (Å²) in [6.45, 7) is 3.89. The Hall–Kier alpha value is -2.03. The van der Waals surface area contributed by atoms with Crippen molar-refractivity contribution in [3.63, 3.8) is 0 Å².